The number of hydrogen-bond donors (Lipinski definition) is 1. The molecule has 1 saturated carbocycles. The molecular weight excluding hydrogens is 328 g/mol. The molecule has 1 aliphatic heterocycles. The van der Waals surface area contributed by atoms with Crippen LogP contribution in [0.25, 0.3) is 0 Å². The van der Waals surface area contributed by atoms with Gasteiger partial charge in [-0.05, 0) is 54.7 Å². The lowest BCUT2D eigenvalue weighted by Gasteiger charge is -2.17. The number of hydrogen-bond acceptors (Lipinski definition) is 3. The number of carbonyl (C=O) groups is 2. The fourth-order valence-corrected chi connectivity index (χ4v) is 3.49. The van der Waals surface area contributed by atoms with E-state index in [1.165, 1.54) is 0 Å². The molecule has 1 aliphatic carbocycles. The Bertz CT molecular complexity index is 858. The molecule has 1 N–H and O–H groups in total. The van der Waals surface area contributed by atoms with Gasteiger partial charge in [0.1, 0.15) is 5.75 Å². The molecule has 2 aliphatic rings. The van der Waals surface area contributed by atoms with Crippen LogP contribution in [0, 0.1) is 5.92 Å². The van der Waals surface area contributed by atoms with E-state index in [2.05, 4.69) is 5.32 Å². The first kappa shape index (κ1) is 16.6. The topological polar surface area (TPSA) is 58.6 Å². The van der Waals surface area contributed by atoms with E-state index in [4.69, 9.17) is 4.74 Å². The van der Waals surface area contributed by atoms with Gasteiger partial charge in [0, 0.05) is 30.3 Å². The molecule has 4 rings (SSSR count). The van der Waals surface area contributed by atoms with Crippen LogP contribution >= 0.6 is 0 Å². The van der Waals surface area contributed by atoms with E-state index in [1.54, 1.807) is 7.11 Å². The van der Waals surface area contributed by atoms with Crippen LogP contribution in [-0.2, 0) is 17.8 Å². The molecule has 0 atom stereocenters. The average molecular weight is 350 g/mol. The van der Waals surface area contributed by atoms with Crippen molar-refractivity contribution in [2.24, 2.45) is 5.92 Å². The first-order valence-corrected chi connectivity index (χ1v) is 9.02. The van der Waals surface area contributed by atoms with E-state index in [0.717, 1.165) is 41.8 Å². The third kappa shape index (κ3) is 3.17. The molecule has 0 saturated heterocycles. The Kier molecular flexibility index (Phi) is 4.37. The lowest BCUT2D eigenvalue weighted by Crippen LogP contribution is -2.30. The minimum absolute atomic E-state index is 0.106. The molecule has 26 heavy (non-hydrogen) atoms. The number of rotatable bonds is 5. The summed E-state index contributed by atoms with van der Waals surface area (Å²) in [6, 6.07) is 13.3. The quantitative estimate of drug-likeness (QED) is 0.902. The summed E-state index contributed by atoms with van der Waals surface area (Å²) in [7, 11) is 1.62. The third-order valence-electron chi connectivity index (χ3n) is 5.05. The number of nitrogens with zero attached hydrogens (tertiary/aromatic N) is 1. The van der Waals surface area contributed by atoms with E-state index in [9.17, 15) is 9.59 Å². The normalized spacial score (nSPS) is 15.5. The van der Waals surface area contributed by atoms with Gasteiger partial charge >= 0.3 is 0 Å². The maximum atomic E-state index is 12.7. The van der Waals surface area contributed by atoms with E-state index in [-0.39, 0.29) is 17.7 Å². The van der Waals surface area contributed by atoms with Gasteiger partial charge in [-0.15, -0.1) is 0 Å². The van der Waals surface area contributed by atoms with Crippen LogP contribution in [0.1, 0.15) is 34.3 Å². The monoisotopic (exact) mass is 350 g/mol. The summed E-state index contributed by atoms with van der Waals surface area (Å²) in [5, 5.41) is 2.98. The second-order valence-electron chi connectivity index (χ2n) is 6.85. The van der Waals surface area contributed by atoms with Gasteiger partial charge in [-0.3, -0.25) is 9.59 Å². The van der Waals surface area contributed by atoms with E-state index >= 15 is 0 Å². The van der Waals surface area contributed by atoms with Gasteiger partial charge in [0.15, 0.2) is 0 Å². The first-order chi connectivity index (χ1) is 12.7. The van der Waals surface area contributed by atoms with E-state index < -0.39 is 0 Å². The molecule has 0 spiro atoms. The smallest absolute Gasteiger partial charge is 0.251 e. The highest BCUT2D eigenvalue weighted by Crippen LogP contribution is 2.37. The lowest BCUT2D eigenvalue weighted by atomic mass is 10.0. The summed E-state index contributed by atoms with van der Waals surface area (Å²) in [5.41, 5.74) is 3.52. The molecule has 5 nitrogen and oxygen atoms in total. The standard InChI is InChI=1S/C21H22N2O3/c1-26-16-5-2-4-14(12-16)13-22-20(24)18-6-3-7-19-17(18)10-11-23(19)21(25)15-8-9-15/h2-7,12,15H,8-11,13H2,1H3,(H,22,24). The molecule has 2 aromatic rings. The second-order valence-corrected chi connectivity index (χ2v) is 6.85. The number of amides is 2. The Morgan fingerprint density at radius 3 is 2.77 bits per heavy atom. The minimum atomic E-state index is -0.106. The van der Waals surface area contributed by atoms with Crippen molar-refractivity contribution in [3.63, 3.8) is 0 Å². The number of carbonyl (C=O) groups excluding carboxylic acids is 2. The summed E-state index contributed by atoms with van der Waals surface area (Å²) < 4.78 is 5.22. The molecular formula is C21H22N2O3. The van der Waals surface area contributed by atoms with Crippen LogP contribution in [0.5, 0.6) is 5.75 Å². The van der Waals surface area contributed by atoms with Gasteiger partial charge in [-0.25, -0.2) is 0 Å². The van der Waals surface area contributed by atoms with Crippen LogP contribution in [-0.4, -0.2) is 25.5 Å². The third-order valence-corrected chi connectivity index (χ3v) is 5.05. The van der Waals surface area contributed by atoms with E-state index in [1.807, 2.05) is 47.4 Å². The second kappa shape index (κ2) is 6.83. The minimum Gasteiger partial charge on any atom is -0.497 e. The van der Waals surface area contributed by atoms with Crippen LogP contribution in [0.2, 0.25) is 0 Å². The summed E-state index contributed by atoms with van der Waals surface area (Å²) >= 11 is 0. The number of nitrogens with one attached hydrogen (secondary N) is 1. The molecule has 1 heterocycles. The van der Waals surface area contributed by atoms with Gasteiger partial charge in [0.2, 0.25) is 5.91 Å². The Labute approximate surface area is 153 Å². The van der Waals surface area contributed by atoms with Crippen LogP contribution < -0.4 is 15.0 Å². The molecule has 134 valence electrons. The fourth-order valence-electron chi connectivity index (χ4n) is 3.49. The van der Waals surface area contributed by atoms with Gasteiger partial charge in [0.25, 0.3) is 5.91 Å². The molecule has 0 radical (unpaired) electrons. The highest BCUT2D eigenvalue weighted by molar-refractivity contribution is 6.02. The maximum absolute atomic E-state index is 12.7. The maximum Gasteiger partial charge on any atom is 0.251 e. The van der Waals surface area contributed by atoms with Crippen molar-refractivity contribution >= 4 is 17.5 Å². The fraction of sp³-hybridized carbons (Fsp3) is 0.333. The zero-order chi connectivity index (χ0) is 18.1. The average Bonchev–Trinajstić information content (AvgIpc) is 3.44. The predicted molar refractivity (Wildman–Crippen MR) is 99.4 cm³/mol. The molecule has 0 bridgehead atoms. The van der Waals surface area contributed by atoms with Crippen LogP contribution in [0.15, 0.2) is 42.5 Å². The number of methoxy groups -OCH3 is 1. The molecule has 5 heteroatoms. The zero-order valence-corrected chi connectivity index (χ0v) is 14.8. The zero-order valence-electron chi connectivity index (χ0n) is 14.8. The van der Waals surface area contributed by atoms with Crippen LogP contribution in [0.3, 0.4) is 0 Å². The highest BCUT2D eigenvalue weighted by Gasteiger charge is 2.37. The summed E-state index contributed by atoms with van der Waals surface area (Å²) in [6.07, 6.45) is 2.72. The first-order valence-electron chi connectivity index (χ1n) is 9.02. The number of benzene rings is 2. The Hall–Kier alpha value is -2.82. The highest BCUT2D eigenvalue weighted by atomic mass is 16.5. The summed E-state index contributed by atoms with van der Waals surface area (Å²) in [5.74, 6) is 1.06. The van der Waals surface area contributed by atoms with Crippen molar-refractivity contribution in [2.45, 2.75) is 25.8 Å². The van der Waals surface area contributed by atoms with Gasteiger partial charge in [0.05, 0.1) is 7.11 Å². The Morgan fingerprint density at radius 1 is 1.19 bits per heavy atom. The summed E-state index contributed by atoms with van der Waals surface area (Å²) in [4.78, 5) is 27.0. The Morgan fingerprint density at radius 2 is 2.00 bits per heavy atom. The van der Waals surface area contributed by atoms with Crippen molar-refractivity contribution in [1.82, 2.24) is 5.32 Å². The molecule has 0 aromatic heterocycles. The van der Waals surface area contributed by atoms with Gasteiger partial charge in [-0.2, -0.15) is 0 Å². The summed E-state index contributed by atoms with van der Waals surface area (Å²) in [6.45, 7) is 1.11. The molecule has 1 fully saturated rings. The van der Waals surface area contributed by atoms with Crippen molar-refractivity contribution in [3.8, 4) is 5.75 Å². The SMILES string of the molecule is COc1cccc(CNC(=O)c2cccc3c2CCN3C(=O)C2CC2)c1. The van der Waals surface area contributed by atoms with Gasteiger partial charge in [-0.1, -0.05) is 18.2 Å². The number of anilines is 1. The van der Waals surface area contributed by atoms with Crippen molar-refractivity contribution < 1.29 is 14.3 Å². The molecule has 0 unspecified atom stereocenters. The van der Waals surface area contributed by atoms with Gasteiger partial charge < -0.3 is 15.0 Å². The largest absolute Gasteiger partial charge is 0.497 e. The van der Waals surface area contributed by atoms with E-state index in [0.29, 0.717) is 18.7 Å². The van der Waals surface area contributed by atoms with Crippen LogP contribution in [0.4, 0.5) is 5.69 Å². The molecule has 2 aromatic carbocycles. The van der Waals surface area contributed by atoms with Crippen molar-refractivity contribution in [3.05, 3.63) is 59.2 Å². The Balaban J connectivity index is 1.49. The lowest BCUT2D eigenvalue weighted by molar-refractivity contribution is -0.119. The number of fused-ring (bicyclic) bond motifs is 1. The molecule has 2 amide bonds. The number of ether oxygens (including phenoxy) is 1. The van der Waals surface area contributed by atoms with Crippen molar-refractivity contribution in [2.75, 3.05) is 18.6 Å². The predicted octanol–water partition coefficient (Wildman–Crippen LogP) is 2.92. The van der Waals surface area contributed by atoms with Crippen molar-refractivity contribution in [1.29, 1.82) is 0 Å².